The molecule has 0 aliphatic carbocycles. The summed E-state index contributed by atoms with van der Waals surface area (Å²) in [5.41, 5.74) is 5.48. The van der Waals surface area contributed by atoms with Crippen LogP contribution in [0.4, 0.5) is 5.95 Å². The number of nitrogens with two attached hydrogens (primary N) is 1. The monoisotopic (exact) mass is 184 g/mol. The average molecular weight is 184 g/mol. The molecular weight excluding hydrogens is 172 g/mol. The smallest absolute Gasteiger partial charge is 0.270 e. The van der Waals surface area contributed by atoms with Crippen LogP contribution in [0.25, 0.3) is 0 Å². The first-order chi connectivity index (χ1) is 6.13. The second-order valence-corrected chi connectivity index (χ2v) is 2.61. The van der Waals surface area contributed by atoms with Gasteiger partial charge >= 0.3 is 0 Å². The molecule has 7 nitrogen and oxygen atoms in total. The Bertz CT molecular complexity index is 295. The molecule has 0 aromatic carbocycles. The molecule has 0 saturated carbocycles. The number of nitrogens with zero attached hydrogens (tertiary/aromatic N) is 4. The molecule has 1 amide bonds. The zero-order chi connectivity index (χ0) is 9.84. The van der Waals surface area contributed by atoms with Crippen molar-refractivity contribution in [3.63, 3.8) is 0 Å². The average Bonchev–Trinajstić information content (AvgIpc) is 2.49. The van der Waals surface area contributed by atoms with E-state index in [2.05, 4.69) is 20.7 Å². The van der Waals surface area contributed by atoms with Crippen molar-refractivity contribution in [3.05, 3.63) is 0 Å². The van der Waals surface area contributed by atoms with E-state index in [-0.39, 0.29) is 11.9 Å². The lowest BCUT2D eigenvalue weighted by atomic mass is 10.2. The highest BCUT2D eigenvalue weighted by Crippen LogP contribution is 1.95. The van der Waals surface area contributed by atoms with Gasteiger partial charge in [-0.1, -0.05) is 12.0 Å². The van der Waals surface area contributed by atoms with Crippen LogP contribution in [0.2, 0.25) is 0 Å². The number of aryl methyl sites for hydroxylation is 1. The molecule has 0 unspecified atom stereocenters. The summed E-state index contributed by atoms with van der Waals surface area (Å²) in [5.74, 6) is -0.119. The van der Waals surface area contributed by atoms with Crippen molar-refractivity contribution in [2.75, 3.05) is 5.32 Å². The summed E-state index contributed by atoms with van der Waals surface area (Å²) >= 11 is 0. The van der Waals surface area contributed by atoms with Gasteiger partial charge in [-0.2, -0.15) is 4.80 Å². The van der Waals surface area contributed by atoms with E-state index in [0.717, 1.165) is 0 Å². The summed E-state index contributed by atoms with van der Waals surface area (Å²) in [6.07, 6.45) is 0.575. The molecule has 0 saturated heterocycles. The van der Waals surface area contributed by atoms with Crippen molar-refractivity contribution in [1.29, 1.82) is 0 Å². The number of carbonyl (C=O) groups is 1. The summed E-state index contributed by atoms with van der Waals surface area (Å²) in [7, 11) is 1.61. The molecule has 72 valence electrons. The molecule has 1 rings (SSSR count). The molecule has 1 aromatic heterocycles. The lowest BCUT2D eigenvalue weighted by Gasteiger charge is -2.05. The molecule has 7 heteroatoms. The van der Waals surface area contributed by atoms with Gasteiger partial charge in [0.15, 0.2) is 0 Å². The van der Waals surface area contributed by atoms with Crippen LogP contribution in [0, 0.1) is 0 Å². The SMILES string of the molecule is CC[C@@H](N)C(=O)Nc1nnn(C)n1. The van der Waals surface area contributed by atoms with Crippen LogP contribution in [-0.2, 0) is 11.8 Å². The van der Waals surface area contributed by atoms with E-state index < -0.39 is 6.04 Å². The summed E-state index contributed by atoms with van der Waals surface area (Å²) in [5, 5.41) is 13.4. The minimum Gasteiger partial charge on any atom is -0.320 e. The van der Waals surface area contributed by atoms with Crippen LogP contribution in [0.1, 0.15) is 13.3 Å². The molecule has 0 bridgehead atoms. The molecule has 0 fully saturated rings. The molecule has 13 heavy (non-hydrogen) atoms. The number of hydrogen-bond donors (Lipinski definition) is 2. The second kappa shape index (κ2) is 3.94. The fraction of sp³-hybridized carbons (Fsp3) is 0.667. The van der Waals surface area contributed by atoms with E-state index in [9.17, 15) is 4.79 Å². The fourth-order valence-electron chi connectivity index (χ4n) is 0.722. The number of aromatic nitrogens is 4. The van der Waals surface area contributed by atoms with Crippen molar-refractivity contribution in [1.82, 2.24) is 20.2 Å². The minimum absolute atomic E-state index is 0.177. The first-order valence-electron chi connectivity index (χ1n) is 3.94. The minimum atomic E-state index is -0.524. The summed E-state index contributed by atoms with van der Waals surface area (Å²) in [6, 6.07) is -0.524. The third-order valence-electron chi connectivity index (χ3n) is 1.52. The van der Waals surface area contributed by atoms with Crippen LogP contribution in [0.15, 0.2) is 0 Å². The van der Waals surface area contributed by atoms with E-state index in [0.29, 0.717) is 6.42 Å². The van der Waals surface area contributed by atoms with E-state index >= 15 is 0 Å². The van der Waals surface area contributed by atoms with Gasteiger partial charge < -0.3 is 5.73 Å². The maximum atomic E-state index is 11.2. The van der Waals surface area contributed by atoms with E-state index in [1.54, 1.807) is 7.05 Å². The van der Waals surface area contributed by atoms with Crippen molar-refractivity contribution in [2.45, 2.75) is 19.4 Å². The topological polar surface area (TPSA) is 98.7 Å². The largest absolute Gasteiger partial charge is 0.320 e. The van der Waals surface area contributed by atoms with Gasteiger partial charge in [0.2, 0.25) is 5.91 Å². The van der Waals surface area contributed by atoms with Crippen molar-refractivity contribution < 1.29 is 4.79 Å². The Labute approximate surface area is 75.3 Å². The summed E-state index contributed by atoms with van der Waals surface area (Å²) in [6.45, 7) is 1.83. The predicted octanol–water partition coefficient (Wildman–Crippen LogP) is -1.11. The van der Waals surface area contributed by atoms with Crippen LogP contribution < -0.4 is 11.1 Å². The molecule has 1 aromatic rings. The maximum Gasteiger partial charge on any atom is 0.270 e. The summed E-state index contributed by atoms with van der Waals surface area (Å²) < 4.78 is 0. The highest BCUT2D eigenvalue weighted by molar-refractivity contribution is 5.92. The molecule has 3 N–H and O–H groups in total. The van der Waals surface area contributed by atoms with Gasteiger partial charge in [-0.15, -0.1) is 5.10 Å². The Kier molecular flexibility index (Phi) is 2.91. The number of anilines is 1. The van der Waals surface area contributed by atoms with Gasteiger partial charge in [0.1, 0.15) is 0 Å². The lowest BCUT2D eigenvalue weighted by Crippen LogP contribution is -2.35. The first kappa shape index (κ1) is 9.59. The zero-order valence-electron chi connectivity index (χ0n) is 7.56. The quantitative estimate of drug-likeness (QED) is 0.620. The van der Waals surface area contributed by atoms with Gasteiger partial charge in [0, 0.05) is 0 Å². The Morgan fingerprint density at radius 2 is 2.46 bits per heavy atom. The van der Waals surface area contributed by atoms with Gasteiger partial charge in [-0.3, -0.25) is 10.1 Å². The number of carbonyl (C=O) groups excluding carboxylic acids is 1. The number of tetrazole rings is 1. The normalized spacial score (nSPS) is 12.5. The maximum absolute atomic E-state index is 11.2. The van der Waals surface area contributed by atoms with Gasteiger partial charge in [-0.05, 0) is 11.6 Å². The lowest BCUT2D eigenvalue weighted by molar-refractivity contribution is -0.117. The third kappa shape index (κ3) is 2.48. The number of nitrogens with one attached hydrogen (secondary N) is 1. The Morgan fingerprint density at radius 3 is 2.92 bits per heavy atom. The molecular formula is C6H12N6O. The zero-order valence-corrected chi connectivity index (χ0v) is 7.56. The number of rotatable bonds is 3. The van der Waals surface area contributed by atoms with Crippen molar-refractivity contribution in [2.24, 2.45) is 12.8 Å². The van der Waals surface area contributed by atoms with E-state index in [1.165, 1.54) is 4.80 Å². The standard InChI is InChI=1S/C6H12N6O/c1-3-4(7)5(13)8-6-9-11-12(2)10-6/h4H,3,7H2,1-2H3,(H,8,10,13)/t4-/m1/s1. The van der Waals surface area contributed by atoms with Crippen LogP contribution in [-0.4, -0.2) is 32.2 Å². The number of amides is 1. The van der Waals surface area contributed by atoms with Crippen molar-refractivity contribution >= 4 is 11.9 Å². The first-order valence-corrected chi connectivity index (χ1v) is 3.94. The van der Waals surface area contributed by atoms with Crippen LogP contribution in [0.5, 0.6) is 0 Å². The Morgan fingerprint density at radius 1 is 1.77 bits per heavy atom. The highest BCUT2D eigenvalue weighted by atomic mass is 16.2. The predicted molar refractivity (Wildman–Crippen MR) is 45.7 cm³/mol. The van der Waals surface area contributed by atoms with E-state index in [4.69, 9.17) is 5.73 Å². The molecule has 1 heterocycles. The van der Waals surface area contributed by atoms with Crippen LogP contribution >= 0.6 is 0 Å². The van der Waals surface area contributed by atoms with Gasteiger partial charge in [0.25, 0.3) is 5.95 Å². The van der Waals surface area contributed by atoms with E-state index in [1.807, 2.05) is 6.92 Å². The third-order valence-corrected chi connectivity index (χ3v) is 1.52. The molecule has 0 spiro atoms. The van der Waals surface area contributed by atoms with Gasteiger partial charge in [-0.25, -0.2) is 0 Å². The highest BCUT2D eigenvalue weighted by Gasteiger charge is 2.12. The van der Waals surface area contributed by atoms with Crippen LogP contribution in [0.3, 0.4) is 0 Å². The second-order valence-electron chi connectivity index (χ2n) is 2.61. The fourth-order valence-corrected chi connectivity index (χ4v) is 0.722. The Balaban J connectivity index is 2.54. The van der Waals surface area contributed by atoms with Gasteiger partial charge in [0.05, 0.1) is 13.1 Å². The molecule has 0 aliphatic rings. The molecule has 1 atom stereocenters. The Hall–Kier alpha value is -1.50. The summed E-state index contributed by atoms with van der Waals surface area (Å²) in [4.78, 5) is 12.5. The van der Waals surface area contributed by atoms with Crippen molar-refractivity contribution in [3.8, 4) is 0 Å². The molecule has 0 aliphatic heterocycles. The number of hydrogen-bond acceptors (Lipinski definition) is 5. The molecule has 0 radical (unpaired) electrons.